The number of aryl methyl sites for hydroxylation is 3. The molecule has 3 heterocycles. The summed E-state index contributed by atoms with van der Waals surface area (Å²) in [6.45, 7) is 17.4. The van der Waals surface area contributed by atoms with Crippen LogP contribution >= 0.6 is 46.5 Å². The minimum Gasteiger partial charge on any atom is -0.0622 e. The number of halogens is 3. The third-order valence-corrected chi connectivity index (χ3v) is 16.0. The van der Waals surface area contributed by atoms with Gasteiger partial charge in [0.05, 0.1) is 11.2 Å². The quantitative estimate of drug-likeness (QED) is 0.0980. The predicted octanol–water partition coefficient (Wildman–Crippen LogP) is 12.8. The molecule has 9 rings (SSSR count). The fraction of sp³-hybridized carbons (Fsp3) is 0.193. The van der Waals surface area contributed by atoms with E-state index in [2.05, 4.69) is 233 Å². The van der Waals surface area contributed by atoms with Crippen LogP contribution in [-0.2, 0) is 25.2 Å². The molecule has 0 atom stereocenters. The molecule has 71 heavy (non-hydrogen) atoms. The summed E-state index contributed by atoms with van der Waals surface area (Å²) in [7, 11) is 7.50. The summed E-state index contributed by atoms with van der Waals surface area (Å²) in [5, 5.41) is 24.2. The molecule has 1 aliphatic heterocycles. The Bertz CT molecular complexity index is 2210. The van der Waals surface area contributed by atoms with Crippen LogP contribution in [-0.4, -0.2) is 45.5 Å². The molecule has 374 valence electrons. The van der Waals surface area contributed by atoms with Gasteiger partial charge in [-0.1, -0.05) is 206 Å². The van der Waals surface area contributed by atoms with Crippen LogP contribution in [0.3, 0.4) is 0 Å². The number of aromatic nitrogens is 2. The van der Waals surface area contributed by atoms with Crippen LogP contribution in [0.25, 0.3) is 0 Å². The van der Waals surface area contributed by atoms with Gasteiger partial charge in [0.2, 0.25) is 0 Å². The van der Waals surface area contributed by atoms with E-state index in [4.69, 9.17) is 50.0 Å². The number of pyridine rings is 2. The minimum absolute atomic E-state index is 0.0648. The molecule has 1 aliphatic rings. The zero-order valence-corrected chi connectivity index (χ0v) is 47.5. The molecule has 2 aromatic heterocycles. The number of nitrogens with zero attached hydrogens (tertiary/aromatic N) is 2. The Hall–Kier alpha value is -4.02. The average molecular weight is 1140 g/mol. The fourth-order valence-electron chi connectivity index (χ4n) is 6.53. The normalized spacial score (nSPS) is 12.5. The molecular weight excluding hydrogens is 1070 g/mol. The van der Waals surface area contributed by atoms with Crippen LogP contribution in [0.15, 0.2) is 219 Å². The first-order chi connectivity index (χ1) is 34.0. The Balaban J connectivity index is 0.000000237. The van der Waals surface area contributed by atoms with Gasteiger partial charge in [0, 0.05) is 18.1 Å². The van der Waals surface area contributed by atoms with Crippen molar-refractivity contribution in [2.45, 2.75) is 73.3 Å². The monoisotopic (exact) mass is 1140 g/mol. The summed E-state index contributed by atoms with van der Waals surface area (Å²) in [4.78, 5) is 7.92. The Morgan fingerprint density at radius 3 is 0.859 bits per heavy atom. The van der Waals surface area contributed by atoms with Crippen molar-refractivity contribution < 1.29 is 35.3 Å². The van der Waals surface area contributed by atoms with Crippen LogP contribution in [0.1, 0.15) is 44.5 Å². The van der Waals surface area contributed by atoms with Crippen molar-refractivity contribution in [1.29, 1.82) is 0 Å². The maximum Gasteiger partial charge on any atom is -0.0134 e. The van der Waals surface area contributed by atoms with E-state index in [0.717, 1.165) is 11.3 Å². The van der Waals surface area contributed by atoms with E-state index < -0.39 is 23.0 Å². The second-order valence-corrected chi connectivity index (χ2v) is 23.9. The van der Waals surface area contributed by atoms with Gasteiger partial charge in [-0.3, -0.25) is 4.98 Å². The second-order valence-electron chi connectivity index (χ2n) is 16.7. The van der Waals surface area contributed by atoms with E-state index in [9.17, 15) is 0 Å². The molecule has 0 radical (unpaired) electrons. The number of hydrogen-bond acceptors (Lipinski definition) is 6. The van der Waals surface area contributed by atoms with E-state index in [0.29, 0.717) is 5.15 Å². The molecule has 6 aromatic carbocycles. The maximum atomic E-state index is 7.61. The third-order valence-electron chi connectivity index (χ3n) is 10.7. The molecule has 0 bridgehead atoms. The van der Waals surface area contributed by atoms with E-state index in [1.54, 1.807) is 6.20 Å². The van der Waals surface area contributed by atoms with E-state index in [1.807, 2.05) is 45.1 Å². The van der Waals surface area contributed by atoms with E-state index in [1.165, 1.54) is 44.2 Å². The molecular formula is C57H65B2Cl3N2O4P2Pd. The third kappa shape index (κ3) is 22.7. The van der Waals surface area contributed by atoms with Crippen LogP contribution in [0.4, 0.5) is 0 Å². The van der Waals surface area contributed by atoms with Crippen molar-refractivity contribution in [3.05, 3.63) is 241 Å². The van der Waals surface area contributed by atoms with Crippen molar-refractivity contribution in [3.63, 3.8) is 0 Å². The molecule has 14 heteroatoms. The largest absolute Gasteiger partial charge is 0.0622 e. The average Bonchev–Trinajstić information content (AvgIpc) is 3.56. The van der Waals surface area contributed by atoms with Gasteiger partial charge in [0.15, 0.2) is 0 Å². The first-order valence-corrected chi connectivity index (χ1v) is 30.0. The Labute approximate surface area is 448 Å². The molecule has 1 saturated heterocycles. The predicted molar refractivity (Wildman–Crippen MR) is 308 cm³/mol. The molecule has 0 spiro atoms. The standard InChI is InChI=1S/2C18H15P.C7H15BO2.C7H9N.C6H6ClN.CH5BO2.2ClH.Pd/c2*1-4-10-16(11-5-1)19(17-12-6-2-7-13-17)18-14-8-3-9-15-18;1-6(2)7(3,4)10-8(5)9-6;1-6-4-3-5-8-7(6)2;1-5-3-2-4-8-6(5)7;1-2(3)4;;;/h2*1-15H;1-5H3;3-5H,1-2H3;2-4H,1H3;3-4H,1H3;2*1H;/q;;;;;;;;+2/p-2. The molecule has 0 aliphatic carbocycles. The van der Waals surface area contributed by atoms with Crippen molar-refractivity contribution >= 4 is 92.6 Å². The molecule has 0 unspecified atom stereocenters. The van der Waals surface area contributed by atoms with Crippen LogP contribution < -0.4 is 31.8 Å². The summed E-state index contributed by atoms with van der Waals surface area (Å²) in [6.07, 6.45) is 3.48. The summed E-state index contributed by atoms with van der Waals surface area (Å²) in [6, 6.07) is 72.4. The SMILES string of the molecule is CB(O)O.CB1OC(C)(C)C(C)(C)O1.Cc1cccnc1C.Cc1cccnc1Cl.[Cl][Pd][Cl].c1ccc(P(c2ccccc2)c2ccccc2)cc1.c1ccc(P(c2ccccc2)c2ccccc2)cc1. The smallest absolute Gasteiger partial charge is 0.0134 e. The fourth-order valence-corrected chi connectivity index (χ4v) is 11.3. The van der Waals surface area contributed by atoms with Crippen LogP contribution in [0, 0.1) is 20.8 Å². The van der Waals surface area contributed by atoms with Gasteiger partial charge in [-0.2, -0.15) is 0 Å². The van der Waals surface area contributed by atoms with Crippen LogP contribution in [0.2, 0.25) is 18.8 Å². The van der Waals surface area contributed by atoms with Gasteiger partial charge < -0.3 is 19.4 Å². The van der Waals surface area contributed by atoms with Crippen LogP contribution in [0.5, 0.6) is 0 Å². The van der Waals surface area contributed by atoms with Crippen molar-refractivity contribution in [2.24, 2.45) is 0 Å². The van der Waals surface area contributed by atoms with E-state index >= 15 is 0 Å². The molecule has 2 N–H and O–H groups in total. The summed E-state index contributed by atoms with van der Waals surface area (Å²) >= 11 is 5.49. The van der Waals surface area contributed by atoms with Crippen molar-refractivity contribution in [3.8, 4) is 0 Å². The molecule has 0 amide bonds. The van der Waals surface area contributed by atoms with Gasteiger partial charge in [-0.15, -0.1) is 0 Å². The molecule has 1 fully saturated rings. The topological polar surface area (TPSA) is 84.7 Å². The molecule has 0 saturated carbocycles. The zero-order chi connectivity index (χ0) is 52.1. The Morgan fingerprint density at radius 2 is 0.704 bits per heavy atom. The zero-order valence-electron chi connectivity index (χ0n) is 41.9. The first-order valence-electron chi connectivity index (χ1n) is 22.9. The molecule has 6 nitrogen and oxygen atoms in total. The van der Waals surface area contributed by atoms with Gasteiger partial charge in [0.25, 0.3) is 0 Å². The summed E-state index contributed by atoms with van der Waals surface area (Å²) in [5.74, 6) is 0. The summed E-state index contributed by atoms with van der Waals surface area (Å²) in [5.41, 5.74) is 3.08. The second kappa shape index (κ2) is 33.7. The maximum absolute atomic E-state index is 7.61. The van der Waals surface area contributed by atoms with Gasteiger partial charge in [0.1, 0.15) is 5.15 Å². The minimum atomic E-state index is -1.17. The van der Waals surface area contributed by atoms with Gasteiger partial charge in [-0.25, -0.2) is 4.98 Å². The summed E-state index contributed by atoms with van der Waals surface area (Å²) < 4.78 is 11.1. The van der Waals surface area contributed by atoms with Crippen molar-refractivity contribution in [2.75, 3.05) is 0 Å². The van der Waals surface area contributed by atoms with Crippen molar-refractivity contribution in [1.82, 2.24) is 9.97 Å². The Morgan fingerprint density at radius 1 is 0.465 bits per heavy atom. The van der Waals surface area contributed by atoms with Gasteiger partial charge in [-0.05, 0) is 133 Å². The number of benzene rings is 6. The number of hydrogen-bond donors (Lipinski definition) is 2. The van der Waals surface area contributed by atoms with E-state index in [-0.39, 0.29) is 34.3 Å². The molecule has 8 aromatic rings. The number of rotatable bonds is 6. The van der Waals surface area contributed by atoms with Gasteiger partial charge >= 0.3 is 49.2 Å². The first kappa shape index (κ1) is 61.3. The Kier molecular flexibility index (Phi) is 29.1.